The van der Waals surface area contributed by atoms with E-state index in [2.05, 4.69) is 126 Å². The number of rotatable bonds is 6. The third-order valence-electron chi connectivity index (χ3n) is 10.7. The van der Waals surface area contributed by atoms with Gasteiger partial charge in [-0.3, -0.25) is 4.57 Å². The van der Waals surface area contributed by atoms with Gasteiger partial charge in [-0.25, -0.2) is 4.98 Å². The van der Waals surface area contributed by atoms with Crippen LogP contribution in [0.15, 0.2) is 199 Å². The van der Waals surface area contributed by atoms with Crippen molar-refractivity contribution in [2.24, 2.45) is 0 Å². The molecule has 0 bridgehead atoms. The Labute approximate surface area is 322 Å². The largest absolute Gasteiger partial charge is 0.456 e. The molecular formula is C51H32N4O. The zero-order chi connectivity index (χ0) is 37.0. The maximum absolute atomic E-state index is 6.17. The van der Waals surface area contributed by atoms with Gasteiger partial charge in [-0.15, -0.1) is 0 Å². The number of aromatic nitrogens is 4. The molecule has 0 atom stereocenters. The Kier molecular flexibility index (Phi) is 7.42. The first kappa shape index (κ1) is 31.9. The molecule has 3 heterocycles. The van der Waals surface area contributed by atoms with E-state index in [0.29, 0.717) is 17.6 Å². The van der Waals surface area contributed by atoms with E-state index in [9.17, 15) is 0 Å². The molecule has 0 aliphatic heterocycles. The molecule has 56 heavy (non-hydrogen) atoms. The van der Waals surface area contributed by atoms with Gasteiger partial charge in [0.2, 0.25) is 5.95 Å². The van der Waals surface area contributed by atoms with Crippen LogP contribution in [0.5, 0.6) is 0 Å². The third kappa shape index (κ3) is 5.29. The number of fused-ring (bicyclic) bond motifs is 6. The highest BCUT2D eigenvalue weighted by molar-refractivity contribution is 6.11. The third-order valence-corrected chi connectivity index (χ3v) is 10.7. The molecular weight excluding hydrogens is 685 g/mol. The van der Waals surface area contributed by atoms with Crippen molar-refractivity contribution in [1.29, 1.82) is 0 Å². The van der Waals surface area contributed by atoms with E-state index in [-0.39, 0.29) is 0 Å². The molecule has 0 aliphatic carbocycles. The van der Waals surface area contributed by atoms with Gasteiger partial charge in [0.25, 0.3) is 0 Å². The van der Waals surface area contributed by atoms with Crippen LogP contribution in [0.1, 0.15) is 0 Å². The normalized spacial score (nSPS) is 11.6. The van der Waals surface area contributed by atoms with Crippen LogP contribution in [0.2, 0.25) is 0 Å². The Hall–Kier alpha value is -7.63. The van der Waals surface area contributed by atoms with E-state index in [4.69, 9.17) is 19.4 Å². The molecule has 11 aromatic rings. The van der Waals surface area contributed by atoms with Crippen LogP contribution in [0, 0.1) is 0 Å². The van der Waals surface area contributed by atoms with Crippen LogP contribution in [-0.2, 0) is 0 Å². The Morgan fingerprint density at radius 1 is 0.321 bits per heavy atom. The summed E-state index contributed by atoms with van der Waals surface area (Å²) in [4.78, 5) is 15.2. The highest BCUT2D eigenvalue weighted by Gasteiger charge is 2.20. The first-order valence-electron chi connectivity index (χ1n) is 18.8. The van der Waals surface area contributed by atoms with Crippen molar-refractivity contribution >= 4 is 43.7 Å². The van der Waals surface area contributed by atoms with Crippen LogP contribution < -0.4 is 0 Å². The number of nitrogens with zero attached hydrogens (tertiary/aromatic N) is 4. The smallest absolute Gasteiger partial charge is 0.238 e. The molecule has 0 spiro atoms. The summed E-state index contributed by atoms with van der Waals surface area (Å²) in [5, 5.41) is 4.50. The molecule has 8 aromatic carbocycles. The molecule has 3 aromatic heterocycles. The van der Waals surface area contributed by atoms with Gasteiger partial charge in [0.1, 0.15) is 11.2 Å². The van der Waals surface area contributed by atoms with Gasteiger partial charge in [0.05, 0.1) is 11.0 Å². The minimum Gasteiger partial charge on any atom is -0.456 e. The van der Waals surface area contributed by atoms with Crippen molar-refractivity contribution in [2.75, 3.05) is 0 Å². The molecule has 262 valence electrons. The predicted octanol–water partition coefficient (Wildman–Crippen LogP) is 13.2. The zero-order valence-electron chi connectivity index (χ0n) is 30.2. The van der Waals surface area contributed by atoms with Gasteiger partial charge in [0.15, 0.2) is 11.6 Å². The lowest BCUT2D eigenvalue weighted by Crippen LogP contribution is -2.06. The topological polar surface area (TPSA) is 56.7 Å². The summed E-state index contributed by atoms with van der Waals surface area (Å²) in [7, 11) is 0. The van der Waals surface area contributed by atoms with Gasteiger partial charge >= 0.3 is 0 Å². The van der Waals surface area contributed by atoms with Gasteiger partial charge in [-0.05, 0) is 69.8 Å². The number of benzene rings is 8. The summed E-state index contributed by atoms with van der Waals surface area (Å²) in [6.45, 7) is 0. The van der Waals surface area contributed by atoms with Gasteiger partial charge < -0.3 is 4.42 Å². The molecule has 5 heteroatoms. The van der Waals surface area contributed by atoms with Crippen LogP contribution >= 0.6 is 0 Å². The molecule has 0 aliphatic rings. The van der Waals surface area contributed by atoms with E-state index >= 15 is 0 Å². The molecule has 0 unspecified atom stereocenters. The first-order valence-corrected chi connectivity index (χ1v) is 18.8. The van der Waals surface area contributed by atoms with Crippen molar-refractivity contribution in [2.45, 2.75) is 0 Å². The lowest BCUT2D eigenvalue weighted by Gasteiger charge is -2.15. The Morgan fingerprint density at radius 2 is 0.804 bits per heavy atom. The van der Waals surface area contributed by atoms with Crippen LogP contribution in [0.3, 0.4) is 0 Å². The molecule has 0 N–H and O–H groups in total. The van der Waals surface area contributed by atoms with E-state index < -0.39 is 0 Å². The average molecular weight is 717 g/mol. The number of hydrogen-bond acceptors (Lipinski definition) is 4. The standard InChI is InChI=1S/C51H32N4O/c1-3-15-33(16-4-1)49-52-50(34-17-5-2-6-18-34)54-51(53-49)55-45-25-13-11-23-41(45)43-31-35(27-29-46(43)55)37-19-7-9-21-39(37)40-22-10-8-20-38(40)36-28-30-48-44(32-36)42-24-12-14-26-47(42)56-48/h1-32H. The second kappa shape index (κ2) is 13.0. The summed E-state index contributed by atoms with van der Waals surface area (Å²) in [6, 6.07) is 67.6. The van der Waals surface area contributed by atoms with Gasteiger partial charge in [0, 0.05) is 32.7 Å². The second-order valence-electron chi connectivity index (χ2n) is 14.0. The number of para-hydroxylation sites is 2. The lowest BCUT2D eigenvalue weighted by atomic mass is 9.89. The Bertz CT molecular complexity index is 3200. The summed E-state index contributed by atoms with van der Waals surface area (Å²) in [5.74, 6) is 1.84. The molecule has 0 radical (unpaired) electrons. The second-order valence-corrected chi connectivity index (χ2v) is 14.0. The SMILES string of the molecule is c1ccc(-c2nc(-c3ccccc3)nc(-n3c4ccccc4c4cc(-c5ccccc5-c5ccccc5-c5ccc6oc7ccccc7c6c5)ccc43)n2)cc1. The summed E-state index contributed by atoms with van der Waals surface area (Å²) >= 11 is 0. The summed E-state index contributed by atoms with van der Waals surface area (Å²) in [5.41, 5.74) is 12.7. The number of hydrogen-bond donors (Lipinski definition) is 0. The van der Waals surface area contributed by atoms with E-state index in [0.717, 1.165) is 71.6 Å². The van der Waals surface area contributed by atoms with E-state index in [1.54, 1.807) is 0 Å². The van der Waals surface area contributed by atoms with Crippen molar-refractivity contribution in [3.8, 4) is 62.1 Å². The highest BCUT2D eigenvalue weighted by Crippen LogP contribution is 2.42. The number of furan rings is 1. The highest BCUT2D eigenvalue weighted by atomic mass is 16.3. The van der Waals surface area contributed by atoms with Crippen molar-refractivity contribution < 1.29 is 4.42 Å². The maximum Gasteiger partial charge on any atom is 0.238 e. The molecule has 0 saturated carbocycles. The minimum absolute atomic E-state index is 0.577. The van der Waals surface area contributed by atoms with Gasteiger partial charge in [-0.2, -0.15) is 9.97 Å². The zero-order valence-corrected chi connectivity index (χ0v) is 30.2. The fraction of sp³-hybridized carbons (Fsp3) is 0. The van der Waals surface area contributed by atoms with E-state index in [1.165, 1.54) is 16.7 Å². The fourth-order valence-electron chi connectivity index (χ4n) is 8.09. The molecule has 11 rings (SSSR count). The van der Waals surface area contributed by atoms with Crippen molar-refractivity contribution in [3.63, 3.8) is 0 Å². The van der Waals surface area contributed by atoms with Crippen LogP contribution in [0.4, 0.5) is 0 Å². The first-order chi connectivity index (χ1) is 27.8. The van der Waals surface area contributed by atoms with Gasteiger partial charge in [-0.1, -0.05) is 158 Å². The van der Waals surface area contributed by atoms with Crippen molar-refractivity contribution in [3.05, 3.63) is 194 Å². The Morgan fingerprint density at radius 3 is 1.46 bits per heavy atom. The summed E-state index contributed by atoms with van der Waals surface area (Å²) < 4.78 is 8.34. The minimum atomic E-state index is 0.577. The van der Waals surface area contributed by atoms with E-state index in [1.807, 2.05) is 72.8 Å². The molecule has 0 fully saturated rings. The van der Waals surface area contributed by atoms with Crippen molar-refractivity contribution in [1.82, 2.24) is 19.5 Å². The summed E-state index contributed by atoms with van der Waals surface area (Å²) in [6.07, 6.45) is 0. The Balaban J connectivity index is 1.08. The lowest BCUT2D eigenvalue weighted by molar-refractivity contribution is 0.669. The van der Waals surface area contributed by atoms with Crippen LogP contribution in [0.25, 0.3) is 106 Å². The maximum atomic E-state index is 6.17. The molecule has 0 saturated heterocycles. The quantitative estimate of drug-likeness (QED) is 0.172. The monoisotopic (exact) mass is 716 g/mol. The molecule has 0 amide bonds. The van der Waals surface area contributed by atoms with Crippen LogP contribution in [-0.4, -0.2) is 19.5 Å². The predicted molar refractivity (Wildman–Crippen MR) is 229 cm³/mol. The molecule has 5 nitrogen and oxygen atoms in total. The average Bonchev–Trinajstić information content (AvgIpc) is 3.82. The fourth-order valence-corrected chi connectivity index (χ4v) is 8.09.